The summed E-state index contributed by atoms with van der Waals surface area (Å²) < 4.78 is 0. The molecule has 1 atom stereocenters. The van der Waals surface area contributed by atoms with Gasteiger partial charge in [-0.2, -0.15) is 0 Å². The summed E-state index contributed by atoms with van der Waals surface area (Å²) in [5, 5.41) is 14.8. The van der Waals surface area contributed by atoms with E-state index >= 15 is 0 Å². The molecule has 3 aromatic carbocycles. The molecule has 0 aliphatic rings. The number of hydrogen-bond donors (Lipinski definition) is 3. The van der Waals surface area contributed by atoms with E-state index in [1.54, 1.807) is 12.1 Å². The Morgan fingerprint density at radius 2 is 1.68 bits per heavy atom. The number of rotatable bonds is 7. The fourth-order valence-electron chi connectivity index (χ4n) is 2.93. The highest BCUT2D eigenvalue weighted by Gasteiger charge is 2.14. The molecular weight excluding hydrogens is 312 g/mol. The van der Waals surface area contributed by atoms with E-state index in [1.807, 2.05) is 36.4 Å². The minimum absolute atomic E-state index is 0.257. The number of amides is 1. The van der Waals surface area contributed by atoms with Gasteiger partial charge in [0, 0.05) is 6.54 Å². The van der Waals surface area contributed by atoms with Gasteiger partial charge in [0.05, 0.1) is 6.04 Å². The lowest BCUT2D eigenvalue weighted by Gasteiger charge is -2.16. The maximum absolute atomic E-state index is 11.7. The molecule has 0 heterocycles. The predicted molar refractivity (Wildman–Crippen MR) is 100 cm³/mol. The van der Waals surface area contributed by atoms with E-state index in [-0.39, 0.29) is 17.7 Å². The van der Waals surface area contributed by atoms with Gasteiger partial charge in [0.25, 0.3) is 0 Å². The molecule has 0 fully saturated rings. The van der Waals surface area contributed by atoms with Crippen LogP contribution in [0.3, 0.4) is 0 Å². The van der Waals surface area contributed by atoms with Gasteiger partial charge in [-0.05, 0) is 52.9 Å². The Morgan fingerprint density at radius 1 is 0.960 bits per heavy atom. The molecule has 0 aromatic heterocycles. The Hall–Kier alpha value is -2.85. The van der Waals surface area contributed by atoms with Crippen molar-refractivity contribution in [1.82, 2.24) is 5.32 Å². The van der Waals surface area contributed by atoms with Crippen LogP contribution in [0.15, 0.2) is 66.7 Å². The Bertz CT molecular complexity index is 862. The molecule has 4 nitrogen and oxygen atoms in total. The Morgan fingerprint density at radius 3 is 2.44 bits per heavy atom. The first-order valence-corrected chi connectivity index (χ1v) is 8.40. The van der Waals surface area contributed by atoms with Gasteiger partial charge in [-0.1, -0.05) is 48.5 Å². The van der Waals surface area contributed by atoms with Crippen LogP contribution in [0.4, 0.5) is 0 Å². The van der Waals surface area contributed by atoms with Gasteiger partial charge in [0.1, 0.15) is 5.75 Å². The average molecular weight is 334 g/mol. The largest absolute Gasteiger partial charge is 0.508 e. The third-order valence-corrected chi connectivity index (χ3v) is 4.35. The van der Waals surface area contributed by atoms with Gasteiger partial charge < -0.3 is 16.2 Å². The van der Waals surface area contributed by atoms with E-state index in [4.69, 9.17) is 5.73 Å². The van der Waals surface area contributed by atoms with Gasteiger partial charge in [-0.25, -0.2) is 0 Å². The lowest BCUT2D eigenvalue weighted by molar-refractivity contribution is -0.120. The zero-order valence-corrected chi connectivity index (χ0v) is 14.0. The van der Waals surface area contributed by atoms with E-state index in [0.29, 0.717) is 13.0 Å². The molecule has 4 N–H and O–H groups in total. The van der Waals surface area contributed by atoms with Crippen molar-refractivity contribution in [2.45, 2.75) is 25.4 Å². The summed E-state index contributed by atoms with van der Waals surface area (Å²) >= 11 is 0. The van der Waals surface area contributed by atoms with E-state index in [9.17, 15) is 9.90 Å². The summed E-state index contributed by atoms with van der Waals surface area (Å²) in [6.07, 6.45) is 1.47. The quantitative estimate of drug-likeness (QED) is 0.621. The molecule has 0 spiro atoms. The number of aromatic hydroxyl groups is 1. The number of carbonyl (C=O) groups is 1. The van der Waals surface area contributed by atoms with Crippen molar-refractivity contribution in [2.75, 3.05) is 0 Å². The topological polar surface area (TPSA) is 75.4 Å². The number of aryl methyl sites for hydroxylation is 1. The van der Waals surface area contributed by atoms with Gasteiger partial charge in [-0.15, -0.1) is 0 Å². The second-order valence-corrected chi connectivity index (χ2v) is 6.23. The third-order valence-electron chi connectivity index (χ3n) is 4.35. The standard InChI is InChI=1S/C21H22N2O2/c22-21(25)20(11-7-15-4-2-1-3-5-15)23-14-16-6-8-18-13-19(24)10-9-17(18)12-16/h1-6,8-10,12-13,20,23-24H,7,11,14H2,(H2,22,25)/t20-/m1/s1. The van der Waals surface area contributed by atoms with Crippen LogP contribution in [0.1, 0.15) is 17.5 Å². The number of nitrogens with one attached hydrogen (secondary N) is 1. The van der Waals surface area contributed by atoms with Crippen LogP contribution in [0.2, 0.25) is 0 Å². The molecule has 128 valence electrons. The molecule has 1 amide bonds. The highest BCUT2D eigenvalue weighted by atomic mass is 16.3. The number of fused-ring (bicyclic) bond motifs is 1. The molecule has 3 aromatic rings. The molecule has 0 bridgehead atoms. The summed E-state index contributed by atoms with van der Waals surface area (Å²) in [6.45, 7) is 0.569. The number of carbonyl (C=O) groups excluding carboxylic acids is 1. The van der Waals surface area contributed by atoms with Gasteiger partial charge in [0.15, 0.2) is 0 Å². The van der Waals surface area contributed by atoms with Gasteiger partial charge in [0.2, 0.25) is 5.91 Å². The van der Waals surface area contributed by atoms with Gasteiger partial charge >= 0.3 is 0 Å². The summed E-state index contributed by atoms with van der Waals surface area (Å²) in [4.78, 5) is 11.7. The number of phenols is 1. The van der Waals surface area contributed by atoms with E-state index in [1.165, 1.54) is 5.56 Å². The van der Waals surface area contributed by atoms with Crippen molar-refractivity contribution >= 4 is 16.7 Å². The fraction of sp³-hybridized carbons (Fsp3) is 0.190. The SMILES string of the molecule is NC(=O)[C@@H](CCc1ccccc1)NCc1ccc2cc(O)ccc2c1. The third kappa shape index (κ3) is 4.58. The van der Waals surface area contributed by atoms with Crippen LogP contribution < -0.4 is 11.1 Å². The summed E-state index contributed by atoms with van der Waals surface area (Å²) in [6, 6.07) is 21.0. The van der Waals surface area contributed by atoms with Crippen LogP contribution in [0, 0.1) is 0 Å². The zero-order valence-electron chi connectivity index (χ0n) is 14.0. The van der Waals surface area contributed by atoms with Crippen molar-refractivity contribution in [2.24, 2.45) is 5.73 Å². The lowest BCUT2D eigenvalue weighted by atomic mass is 10.0. The minimum Gasteiger partial charge on any atom is -0.508 e. The highest BCUT2D eigenvalue weighted by molar-refractivity contribution is 5.84. The molecule has 0 aliphatic carbocycles. The molecule has 25 heavy (non-hydrogen) atoms. The summed E-state index contributed by atoms with van der Waals surface area (Å²) in [7, 11) is 0. The Kier molecular flexibility index (Phi) is 5.31. The minimum atomic E-state index is -0.365. The number of phenolic OH excluding ortho intramolecular Hbond substituents is 1. The number of primary amides is 1. The van der Waals surface area contributed by atoms with Crippen molar-refractivity contribution in [1.29, 1.82) is 0 Å². The molecule has 0 unspecified atom stereocenters. The van der Waals surface area contributed by atoms with E-state index in [0.717, 1.165) is 22.8 Å². The second kappa shape index (κ2) is 7.81. The number of nitrogens with two attached hydrogens (primary N) is 1. The van der Waals surface area contributed by atoms with Crippen LogP contribution in [-0.4, -0.2) is 17.1 Å². The fourth-order valence-corrected chi connectivity index (χ4v) is 2.93. The first kappa shape index (κ1) is 17.0. The molecular formula is C21H22N2O2. The Labute approximate surface area is 147 Å². The average Bonchev–Trinajstić information content (AvgIpc) is 2.62. The zero-order chi connectivity index (χ0) is 17.6. The molecule has 4 heteroatoms. The smallest absolute Gasteiger partial charge is 0.234 e. The van der Waals surface area contributed by atoms with E-state index in [2.05, 4.69) is 23.5 Å². The first-order valence-electron chi connectivity index (χ1n) is 8.40. The van der Waals surface area contributed by atoms with Crippen LogP contribution in [-0.2, 0) is 17.8 Å². The van der Waals surface area contributed by atoms with Crippen molar-refractivity contribution < 1.29 is 9.90 Å². The number of hydrogen-bond acceptors (Lipinski definition) is 3. The van der Waals surface area contributed by atoms with E-state index < -0.39 is 0 Å². The maximum atomic E-state index is 11.7. The molecule has 3 rings (SSSR count). The molecule has 0 aliphatic heterocycles. The molecule has 0 radical (unpaired) electrons. The van der Waals surface area contributed by atoms with Gasteiger partial charge in [-0.3, -0.25) is 4.79 Å². The van der Waals surface area contributed by atoms with Crippen LogP contribution >= 0.6 is 0 Å². The first-order chi connectivity index (χ1) is 12.1. The summed E-state index contributed by atoms with van der Waals surface area (Å²) in [5.41, 5.74) is 7.81. The highest BCUT2D eigenvalue weighted by Crippen LogP contribution is 2.21. The van der Waals surface area contributed by atoms with Crippen molar-refractivity contribution in [3.63, 3.8) is 0 Å². The summed E-state index contributed by atoms with van der Waals surface area (Å²) in [5.74, 6) is -0.0743. The lowest BCUT2D eigenvalue weighted by Crippen LogP contribution is -2.41. The monoisotopic (exact) mass is 334 g/mol. The van der Waals surface area contributed by atoms with Crippen LogP contribution in [0.5, 0.6) is 5.75 Å². The maximum Gasteiger partial charge on any atom is 0.234 e. The van der Waals surface area contributed by atoms with Crippen LogP contribution in [0.25, 0.3) is 10.8 Å². The predicted octanol–water partition coefficient (Wildman–Crippen LogP) is 3.12. The van der Waals surface area contributed by atoms with Crippen molar-refractivity contribution in [3.8, 4) is 5.75 Å². The van der Waals surface area contributed by atoms with Crippen molar-refractivity contribution in [3.05, 3.63) is 77.9 Å². The Balaban J connectivity index is 1.63. The molecule has 0 saturated carbocycles. The second-order valence-electron chi connectivity index (χ2n) is 6.23. The normalized spacial score (nSPS) is 12.2. The molecule has 0 saturated heterocycles. The number of benzene rings is 3.